The van der Waals surface area contributed by atoms with Crippen LogP contribution in [0, 0.1) is 6.92 Å². The fourth-order valence-electron chi connectivity index (χ4n) is 7.87. The first-order valence-electron chi connectivity index (χ1n) is 16.1. The molecule has 3 radical (unpaired) electrons. The summed E-state index contributed by atoms with van der Waals surface area (Å²) < 4.78 is 0. The van der Waals surface area contributed by atoms with Gasteiger partial charge in [0, 0.05) is 23.7 Å². The number of hydrogen-bond acceptors (Lipinski definition) is 0. The van der Waals surface area contributed by atoms with Gasteiger partial charge in [-0.1, -0.05) is 164 Å². The second-order valence-electron chi connectivity index (χ2n) is 12.3. The van der Waals surface area contributed by atoms with Crippen molar-refractivity contribution in [1.29, 1.82) is 0 Å². The normalized spacial score (nSPS) is 23.8. The molecule has 4 atom stereocenters. The maximum absolute atomic E-state index is 4.03. The fourth-order valence-corrected chi connectivity index (χ4v) is 8.09. The van der Waals surface area contributed by atoms with Gasteiger partial charge in [0.25, 0.3) is 0 Å². The van der Waals surface area contributed by atoms with E-state index in [1.807, 2.05) is 0 Å². The van der Waals surface area contributed by atoms with Crippen LogP contribution in [0.3, 0.4) is 0 Å². The van der Waals surface area contributed by atoms with Crippen LogP contribution >= 0.6 is 0 Å². The monoisotopic (exact) mass is 583 g/mol. The predicted octanol–water partition coefficient (Wildman–Crippen LogP) is 10.1. The van der Waals surface area contributed by atoms with Crippen molar-refractivity contribution in [2.45, 2.75) is 57.3 Å². The molecule has 0 saturated carbocycles. The zero-order valence-corrected chi connectivity index (χ0v) is 26.9. The van der Waals surface area contributed by atoms with Gasteiger partial charge < -0.3 is 0 Å². The Bertz CT molecular complexity index is 1840. The van der Waals surface area contributed by atoms with E-state index in [4.69, 9.17) is 0 Å². The van der Waals surface area contributed by atoms with Crippen LogP contribution < -0.4 is 5.19 Å². The third-order valence-electron chi connectivity index (χ3n) is 10.0. The third-order valence-corrected chi connectivity index (χ3v) is 10.6. The molecule has 0 fully saturated rings. The van der Waals surface area contributed by atoms with E-state index in [9.17, 15) is 0 Å². The highest BCUT2D eigenvalue weighted by molar-refractivity contribution is 6.33. The molecule has 0 saturated heterocycles. The van der Waals surface area contributed by atoms with E-state index in [-0.39, 0.29) is 23.7 Å². The van der Waals surface area contributed by atoms with E-state index >= 15 is 0 Å². The van der Waals surface area contributed by atoms with Crippen molar-refractivity contribution in [3.05, 3.63) is 195 Å². The molecular weight excluding hydrogens is 545 g/mol. The molecule has 3 aromatic carbocycles. The summed E-state index contributed by atoms with van der Waals surface area (Å²) in [5.74, 6) is 0.961. The summed E-state index contributed by atoms with van der Waals surface area (Å²) >= 11 is 0. The summed E-state index contributed by atoms with van der Waals surface area (Å²) in [6, 6.07) is 26.7. The Kier molecular flexibility index (Phi) is 7.83. The Morgan fingerprint density at radius 1 is 0.568 bits per heavy atom. The molecule has 4 aliphatic carbocycles. The van der Waals surface area contributed by atoms with Gasteiger partial charge in [0.05, 0.1) is 10.2 Å². The molecule has 4 aliphatic rings. The van der Waals surface area contributed by atoms with E-state index in [2.05, 4.69) is 165 Å². The number of benzene rings is 3. The molecule has 0 N–H and O–H groups in total. The second kappa shape index (κ2) is 12.1. The summed E-state index contributed by atoms with van der Waals surface area (Å²) in [5.41, 5.74) is 15.7. The van der Waals surface area contributed by atoms with E-state index in [1.54, 1.807) is 0 Å². The van der Waals surface area contributed by atoms with Crippen LogP contribution in [-0.2, 0) is 0 Å². The molecular formula is C43H39Si. The van der Waals surface area contributed by atoms with Crippen molar-refractivity contribution in [2.75, 3.05) is 0 Å². The van der Waals surface area contributed by atoms with Crippen molar-refractivity contribution in [1.82, 2.24) is 0 Å². The average molecular weight is 584 g/mol. The standard InChI is InChI=1S/C43H39Si/c1-4-29-26-38-33(31-16-8-6-9-17-31)20-12-14-22-35(38)42(29)37-24-25-40(44)28(3)41(37)43-30(5-2)27-39-34(21-13-15-23-36(39)43)32-18-10-7-11-19-32/h6-27,33-34,42-43H,4-5H2,1-3H3. The van der Waals surface area contributed by atoms with Gasteiger partial charge in [0.2, 0.25) is 0 Å². The first kappa shape index (κ1) is 28.6. The van der Waals surface area contributed by atoms with E-state index in [0.29, 0.717) is 0 Å². The van der Waals surface area contributed by atoms with Gasteiger partial charge in [-0.2, -0.15) is 0 Å². The molecule has 0 nitrogen and oxygen atoms in total. The van der Waals surface area contributed by atoms with Crippen LogP contribution in [0.1, 0.15) is 78.2 Å². The SMILES string of the molecule is CCC1=CC2=C(C=CC=CC2c2ccccc2)C1c1ccc([Si])c(C)c1C1C(CC)=CC2=C1C=CC=CC2c1ccccc1. The zero-order chi connectivity index (χ0) is 30.2. The minimum absolute atomic E-state index is 0.226. The summed E-state index contributed by atoms with van der Waals surface area (Å²) in [6.45, 7) is 6.97. The van der Waals surface area contributed by atoms with E-state index in [0.717, 1.165) is 12.8 Å². The summed E-state index contributed by atoms with van der Waals surface area (Å²) in [4.78, 5) is 0. The van der Waals surface area contributed by atoms with Gasteiger partial charge in [-0.15, -0.1) is 0 Å². The van der Waals surface area contributed by atoms with Crippen LogP contribution in [0.5, 0.6) is 0 Å². The van der Waals surface area contributed by atoms with Crippen LogP contribution in [-0.4, -0.2) is 10.2 Å². The molecule has 1 heteroatoms. The predicted molar refractivity (Wildman–Crippen MR) is 188 cm³/mol. The first-order valence-corrected chi connectivity index (χ1v) is 16.6. The molecule has 0 heterocycles. The smallest absolute Gasteiger partial charge is 0.0715 e. The van der Waals surface area contributed by atoms with Gasteiger partial charge in [0.15, 0.2) is 0 Å². The molecule has 0 aliphatic heterocycles. The molecule has 4 unspecified atom stereocenters. The quantitative estimate of drug-likeness (QED) is 0.253. The van der Waals surface area contributed by atoms with Crippen molar-refractivity contribution >= 4 is 15.4 Å². The second-order valence-corrected chi connectivity index (χ2v) is 12.9. The van der Waals surface area contributed by atoms with Crippen LogP contribution in [0.15, 0.2) is 167 Å². The van der Waals surface area contributed by atoms with Gasteiger partial charge in [-0.05, 0) is 69.9 Å². The Morgan fingerprint density at radius 2 is 1.07 bits per heavy atom. The van der Waals surface area contributed by atoms with Gasteiger partial charge in [-0.3, -0.25) is 0 Å². The minimum Gasteiger partial charge on any atom is -0.0726 e. The Labute approximate surface area is 266 Å². The highest BCUT2D eigenvalue weighted by Gasteiger charge is 2.38. The molecule has 3 aromatic rings. The van der Waals surface area contributed by atoms with Gasteiger partial charge >= 0.3 is 0 Å². The van der Waals surface area contributed by atoms with E-state index < -0.39 is 0 Å². The maximum Gasteiger partial charge on any atom is 0.0715 e. The lowest BCUT2D eigenvalue weighted by molar-refractivity contribution is 0.829. The molecule has 0 spiro atoms. The first-order chi connectivity index (χ1) is 21.6. The van der Waals surface area contributed by atoms with Crippen LogP contribution in [0.25, 0.3) is 0 Å². The summed E-state index contributed by atoms with van der Waals surface area (Å²) in [5, 5.41) is 1.18. The molecule has 0 aromatic heterocycles. The Balaban J connectivity index is 1.42. The topological polar surface area (TPSA) is 0 Å². The fraction of sp³-hybridized carbons (Fsp3) is 0.209. The zero-order valence-electron chi connectivity index (χ0n) is 25.9. The molecule has 215 valence electrons. The van der Waals surface area contributed by atoms with Crippen LogP contribution in [0.4, 0.5) is 0 Å². The molecule has 0 bridgehead atoms. The third kappa shape index (κ3) is 4.84. The molecule has 7 rings (SSSR count). The molecule has 44 heavy (non-hydrogen) atoms. The van der Waals surface area contributed by atoms with Crippen molar-refractivity contribution in [2.24, 2.45) is 0 Å². The Morgan fingerprint density at radius 3 is 1.59 bits per heavy atom. The number of allylic oxidation sites excluding steroid dienone is 16. The minimum atomic E-state index is 0.226. The summed E-state index contributed by atoms with van der Waals surface area (Å²) in [6.07, 6.45) is 25.6. The van der Waals surface area contributed by atoms with Gasteiger partial charge in [-0.25, -0.2) is 0 Å². The number of hydrogen-bond donors (Lipinski definition) is 0. The van der Waals surface area contributed by atoms with Crippen molar-refractivity contribution in [3.63, 3.8) is 0 Å². The average Bonchev–Trinajstić information content (AvgIpc) is 3.43. The lowest BCUT2D eigenvalue weighted by Crippen LogP contribution is -2.19. The Hall–Kier alpha value is -4.20. The van der Waals surface area contributed by atoms with Crippen molar-refractivity contribution < 1.29 is 0 Å². The van der Waals surface area contributed by atoms with E-state index in [1.165, 1.54) is 66.4 Å². The molecule has 0 amide bonds. The lowest BCUT2D eigenvalue weighted by Gasteiger charge is -2.29. The highest BCUT2D eigenvalue weighted by Crippen LogP contribution is 2.53. The van der Waals surface area contributed by atoms with Crippen molar-refractivity contribution in [3.8, 4) is 0 Å². The highest BCUT2D eigenvalue weighted by atomic mass is 28.1. The number of rotatable bonds is 6. The lowest BCUT2D eigenvalue weighted by atomic mass is 9.75. The van der Waals surface area contributed by atoms with Gasteiger partial charge in [0.1, 0.15) is 0 Å². The maximum atomic E-state index is 4.03. The largest absolute Gasteiger partial charge is 0.0726 e. The van der Waals surface area contributed by atoms with Crippen LogP contribution in [0.2, 0.25) is 0 Å². The summed E-state index contributed by atoms with van der Waals surface area (Å²) in [7, 11) is 4.03.